The topological polar surface area (TPSA) is 0 Å². The number of hydrogen-bond donors (Lipinski definition) is 0. The van der Waals surface area contributed by atoms with E-state index in [9.17, 15) is 4.39 Å². The van der Waals surface area contributed by atoms with Crippen molar-refractivity contribution >= 4 is 5.57 Å². The molecule has 0 spiro atoms. The van der Waals surface area contributed by atoms with Crippen molar-refractivity contribution in [1.82, 2.24) is 0 Å². The van der Waals surface area contributed by atoms with Crippen LogP contribution in [-0.4, -0.2) is 0 Å². The SMILES string of the molecule is FC1=C2C=C(c3ccccc3)C=CC2CC=C1. The number of benzene rings is 1. The number of rotatable bonds is 1. The smallest absolute Gasteiger partial charge is 0.126 e. The maximum atomic E-state index is 13.7. The van der Waals surface area contributed by atoms with Crippen LogP contribution in [0.25, 0.3) is 5.57 Å². The third-order valence-electron chi connectivity index (χ3n) is 3.26. The highest BCUT2D eigenvalue weighted by Crippen LogP contribution is 2.35. The van der Waals surface area contributed by atoms with E-state index < -0.39 is 0 Å². The lowest BCUT2D eigenvalue weighted by Crippen LogP contribution is -2.07. The van der Waals surface area contributed by atoms with Gasteiger partial charge >= 0.3 is 0 Å². The van der Waals surface area contributed by atoms with Crippen LogP contribution in [0.15, 0.2) is 72.1 Å². The van der Waals surface area contributed by atoms with Gasteiger partial charge in [0.15, 0.2) is 0 Å². The van der Waals surface area contributed by atoms with Crippen molar-refractivity contribution in [3.8, 4) is 0 Å². The van der Waals surface area contributed by atoms with E-state index in [1.165, 1.54) is 0 Å². The summed E-state index contributed by atoms with van der Waals surface area (Å²) in [5, 5.41) is 0. The molecule has 0 saturated carbocycles. The molecule has 1 aromatic rings. The molecule has 0 N–H and O–H groups in total. The minimum absolute atomic E-state index is 0.0981. The summed E-state index contributed by atoms with van der Waals surface area (Å²) < 4.78 is 13.7. The summed E-state index contributed by atoms with van der Waals surface area (Å²) in [6, 6.07) is 10.1. The number of allylic oxidation sites excluding steroid dienone is 8. The van der Waals surface area contributed by atoms with Crippen LogP contribution in [0.5, 0.6) is 0 Å². The van der Waals surface area contributed by atoms with Gasteiger partial charge in [0, 0.05) is 5.92 Å². The van der Waals surface area contributed by atoms with Crippen molar-refractivity contribution < 1.29 is 4.39 Å². The fourth-order valence-corrected chi connectivity index (χ4v) is 2.32. The average molecular weight is 224 g/mol. The molecule has 1 heteroatoms. The van der Waals surface area contributed by atoms with Gasteiger partial charge in [-0.3, -0.25) is 0 Å². The molecule has 2 aliphatic rings. The lowest BCUT2D eigenvalue weighted by atomic mass is 9.84. The molecule has 0 aliphatic heterocycles. The Morgan fingerprint density at radius 3 is 2.71 bits per heavy atom. The van der Waals surface area contributed by atoms with E-state index in [0.717, 1.165) is 23.1 Å². The zero-order chi connectivity index (χ0) is 11.7. The third kappa shape index (κ3) is 1.89. The third-order valence-corrected chi connectivity index (χ3v) is 3.26. The molecule has 3 rings (SSSR count). The first-order valence-corrected chi connectivity index (χ1v) is 5.86. The van der Waals surface area contributed by atoms with Crippen molar-refractivity contribution in [2.24, 2.45) is 5.92 Å². The highest BCUT2D eigenvalue weighted by molar-refractivity contribution is 5.78. The largest absolute Gasteiger partial charge is 0.207 e. The molecule has 0 fully saturated rings. The first-order valence-electron chi connectivity index (χ1n) is 5.86. The van der Waals surface area contributed by atoms with Gasteiger partial charge in [0.05, 0.1) is 0 Å². The number of hydrogen-bond acceptors (Lipinski definition) is 0. The van der Waals surface area contributed by atoms with Gasteiger partial charge in [0.25, 0.3) is 0 Å². The van der Waals surface area contributed by atoms with Crippen molar-refractivity contribution in [2.75, 3.05) is 0 Å². The van der Waals surface area contributed by atoms with Crippen LogP contribution in [0.3, 0.4) is 0 Å². The number of halogens is 1. The Bertz CT molecular complexity index is 544. The molecule has 84 valence electrons. The minimum atomic E-state index is -0.0981. The number of fused-ring (bicyclic) bond motifs is 1. The summed E-state index contributed by atoms with van der Waals surface area (Å²) in [4.78, 5) is 0. The van der Waals surface area contributed by atoms with Gasteiger partial charge in [-0.25, -0.2) is 4.39 Å². The quantitative estimate of drug-likeness (QED) is 0.661. The second-order valence-corrected chi connectivity index (χ2v) is 4.37. The fourth-order valence-electron chi connectivity index (χ4n) is 2.32. The van der Waals surface area contributed by atoms with Crippen LogP contribution >= 0.6 is 0 Å². The predicted molar refractivity (Wildman–Crippen MR) is 68.9 cm³/mol. The van der Waals surface area contributed by atoms with E-state index in [1.807, 2.05) is 42.5 Å². The van der Waals surface area contributed by atoms with Crippen LogP contribution in [0.4, 0.5) is 4.39 Å². The zero-order valence-corrected chi connectivity index (χ0v) is 9.44. The monoisotopic (exact) mass is 224 g/mol. The van der Waals surface area contributed by atoms with E-state index in [-0.39, 0.29) is 11.7 Å². The maximum absolute atomic E-state index is 13.7. The lowest BCUT2D eigenvalue weighted by Gasteiger charge is -2.21. The van der Waals surface area contributed by atoms with E-state index >= 15 is 0 Å². The summed E-state index contributed by atoms with van der Waals surface area (Å²) in [5.41, 5.74) is 3.04. The standard InChI is InChI=1S/C16H13F/c17-16-8-4-7-13-9-10-14(11-15(13)16)12-5-2-1-3-6-12/h1-6,8-11,13H,7H2. The van der Waals surface area contributed by atoms with Gasteiger partial charge in [-0.1, -0.05) is 48.6 Å². The molecule has 0 nitrogen and oxygen atoms in total. The van der Waals surface area contributed by atoms with Crippen molar-refractivity contribution in [2.45, 2.75) is 6.42 Å². The second-order valence-electron chi connectivity index (χ2n) is 4.37. The zero-order valence-electron chi connectivity index (χ0n) is 9.44. The van der Waals surface area contributed by atoms with Gasteiger partial charge in [-0.05, 0) is 35.3 Å². The molecule has 1 unspecified atom stereocenters. The maximum Gasteiger partial charge on any atom is 0.126 e. The second kappa shape index (κ2) is 4.17. The van der Waals surface area contributed by atoms with Gasteiger partial charge < -0.3 is 0 Å². The first-order chi connectivity index (χ1) is 8.34. The van der Waals surface area contributed by atoms with E-state index in [0.29, 0.717) is 0 Å². The molecule has 2 aliphatic carbocycles. The van der Waals surface area contributed by atoms with Gasteiger partial charge in [0.2, 0.25) is 0 Å². The Balaban J connectivity index is 2.04. The molecule has 0 heterocycles. The van der Waals surface area contributed by atoms with Crippen LogP contribution < -0.4 is 0 Å². The molecule has 0 radical (unpaired) electrons. The summed E-state index contributed by atoms with van der Waals surface area (Å²) in [6.45, 7) is 0. The first kappa shape index (κ1) is 10.3. The molecule has 0 saturated heterocycles. The van der Waals surface area contributed by atoms with Gasteiger partial charge in [-0.15, -0.1) is 0 Å². The van der Waals surface area contributed by atoms with E-state index in [1.54, 1.807) is 6.08 Å². The Hall–Kier alpha value is -1.89. The van der Waals surface area contributed by atoms with Crippen molar-refractivity contribution in [3.63, 3.8) is 0 Å². The molecule has 0 aromatic heterocycles. The summed E-state index contributed by atoms with van der Waals surface area (Å²) in [7, 11) is 0. The van der Waals surface area contributed by atoms with Gasteiger partial charge in [0.1, 0.15) is 5.83 Å². The molecule has 0 amide bonds. The Morgan fingerprint density at radius 2 is 1.88 bits per heavy atom. The molecule has 1 aromatic carbocycles. The summed E-state index contributed by atoms with van der Waals surface area (Å²) in [5.74, 6) is 0.117. The van der Waals surface area contributed by atoms with E-state index in [4.69, 9.17) is 0 Å². The Morgan fingerprint density at radius 1 is 1.06 bits per heavy atom. The van der Waals surface area contributed by atoms with E-state index in [2.05, 4.69) is 12.2 Å². The summed E-state index contributed by atoms with van der Waals surface area (Å²) in [6.07, 6.45) is 10.5. The van der Waals surface area contributed by atoms with Crippen molar-refractivity contribution in [3.05, 3.63) is 77.7 Å². The molecule has 1 atom stereocenters. The lowest BCUT2D eigenvalue weighted by molar-refractivity contribution is 0.616. The predicted octanol–water partition coefficient (Wildman–Crippen LogP) is 4.44. The summed E-state index contributed by atoms with van der Waals surface area (Å²) >= 11 is 0. The minimum Gasteiger partial charge on any atom is -0.207 e. The fraction of sp³-hybridized carbons (Fsp3) is 0.125. The van der Waals surface area contributed by atoms with Crippen LogP contribution in [0, 0.1) is 5.92 Å². The normalized spacial score (nSPS) is 22.4. The highest BCUT2D eigenvalue weighted by Gasteiger charge is 2.19. The Labute approximate surface area is 100 Å². The average Bonchev–Trinajstić information content (AvgIpc) is 2.40. The molecular formula is C16H13F. The highest BCUT2D eigenvalue weighted by atomic mass is 19.1. The van der Waals surface area contributed by atoms with Crippen LogP contribution in [0.2, 0.25) is 0 Å². The van der Waals surface area contributed by atoms with Crippen LogP contribution in [-0.2, 0) is 0 Å². The molecular weight excluding hydrogens is 211 g/mol. The Kier molecular flexibility index (Phi) is 2.52. The van der Waals surface area contributed by atoms with Crippen molar-refractivity contribution in [1.29, 1.82) is 0 Å². The molecule has 0 bridgehead atoms. The molecule has 17 heavy (non-hydrogen) atoms. The van der Waals surface area contributed by atoms with Crippen LogP contribution in [0.1, 0.15) is 12.0 Å². The van der Waals surface area contributed by atoms with Gasteiger partial charge in [-0.2, -0.15) is 0 Å².